The van der Waals surface area contributed by atoms with Crippen LogP contribution in [0.2, 0.25) is 10.0 Å². The topological polar surface area (TPSA) is 63.2 Å². The number of ether oxygens (including phenoxy) is 5. The molecule has 0 N–H and O–H groups in total. The molecule has 2 aromatic carbocycles. The molecule has 0 radical (unpaired) electrons. The molecule has 2 aromatic rings. The predicted molar refractivity (Wildman–Crippen MR) is 153 cm³/mol. The fourth-order valence-electron chi connectivity index (χ4n) is 3.34. The molecule has 0 aliphatic heterocycles. The number of benzene rings is 2. The number of aryl methyl sites for hydroxylation is 2. The van der Waals surface area contributed by atoms with E-state index >= 15 is 0 Å². The van der Waals surface area contributed by atoms with Crippen LogP contribution in [-0.2, 0) is 31.8 Å². The Kier molecular flexibility index (Phi) is 13.8. The summed E-state index contributed by atoms with van der Waals surface area (Å²) in [6.45, 7) is 10.2. The first-order valence-electron chi connectivity index (χ1n) is 12.4. The van der Waals surface area contributed by atoms with Gasteiger partial charge in [0.1, 0.15) is 37.5 Å². The smallest absolute Gasteiger partial charge is 0.306 e. The number of methoxy groups -OCH3 is 1. The second-order valence-electron chi connectivity index (χ2n) is 9.82. The van der Waals surface area contributed by atoms with Crippen LogP contribution < -0.4 is 9.47 Å². The van der Waals surface area contributed by atoms with Crippen LogP contribution in [0.1, 0.15) is 44.7 Å². The fourth-order valence-corrected chi connectivity index (χ4v) is 4.16. The first kappa shape index (κ1) is 32.3. The predicted octanol–water partition coefficient (Wildman–Crippen LogP) is 7.44. The van der Waals surface area contributed by atoms with Crippen molar-refractivity contribution in [2.24, 2.45) is 0 Å². The van der Waals surface area contributed by atoms with E-state index in [-0.39, 0.29) is 37.8 Å². The fraction of sp³-hybridized carbons (Fsp3) is 0.483. The number of halogens is 3. The molecule has 0 saturated carbocycles. The Hall–Kier alpha value is -1.96. The Balaban J connectivity index is 1.80. The maximum absolute atomic E-state index is 11.9. The van der Waals surface area contributed by atoms with Crippen LogP contribution in [0.15, 0.2) is 48.6 Å². The number of alkyl halides is 1. The van der Waals surface area contributed by atoms with Gasteiger partial charge in [-0.2, -0.15) is 0 Å². The highest BCUT2D eigenvalue weighted by Gasteiger charge is 2.16. The normalized spacial score (nSPS) is 12.2. The summed E-state index contributed by atoms with van der Waals surface area (Å²) in [4.78, 5) is 11.9. The van der Waals surface area contributed by atoms with E-state index in [9.17, 15) is 4.79 Å². The highest BCUT2D eigenvalue weighted by Crippen LogP contribution is 2.35. The van der Waals surface area contributed by atoms with Crippen molar-refractivity contribution in [1.82, 2.24) is 0 Å². The van der Waals surface area contributed by atoms with Gasteiger partial charge in [0.2, 0.25) is 0 Å². The van der Waals surface area contributed by atoms with Crippen LogP contribution in [-0.4, -0.2) is 50.7 Å². The molecule has 0 bridgehead atoms. The summed E-state index contributed by atoms with van der Waals surface area (Å²) in [5.41, 5.74) is 2.50. The highest BCUT2D eigenvalue weighted by atomic mass is 35.5. The largest absolute Gasteiger partial charge is 0.489 e. The molecule has 1 unspecified atom stereocenters. The van der Waals surface area contributed by atoms with Gasteiger partial charge in [-0.1, -0.05) is 41.9 Å². The van der Waals surface area contributed by atoms with Gasteiger partial charge in [-0.3, -0.25) is 4.79 Å². The molecular weight excluding hydrogens is 551 g/mol. The lowest BCUT2D eigenvalue weighted by molar-refractivity contribution is -0.154. The molecule has 210 valence electrons. The summed E-state index contributed by atoms with van der Waals surface area (Å²) in [5, 5.41) is 0.867. The molecular formula is C29H37Cl3O6. The zero-order valence-corrected chi connectivity index (χ0v) is 24.8. The first-order valence-corrected chi connectivity index (χ1v) is 13.7. The molecule has 0 aliphatic rings. The van der Waals surface area contributed by atoms with Gasteiger partial charge >= 0.3 is 5.97 Å². The van der Waals surface area contributed by atoms with Gasteiger partial charge in [0.15, 0.2) is 5.75 Å². The average molecular weight is 588 g/mol. The lowest BCUT2D eigenvalue weighted by Gasteiger charge is -2.19. The van der Waals surface area contributed by atoms with Crippen molar-refractivity contribution in [3.05, 3.63) is 69.7 Å². The Bertz CT molecular complexity index is 1010. The second kappa shape index (κ2) is 16.2. The number of carbonyl (C=O) groups is 1. The van der Waals surface area contributed by atoms with Crippen LogP contribution in [0.5, 0.6) is 11.5 Å². The zero-order chi connectivity index (χ0) is 28.1. The average Bonchev–Trinajstić information content (AvgIpc) is 2.85. The van der Waals surface area contributed by atoms with Crippen LogP contribution in [0, 0.1) is 0 Å². The SMILES string of the molecule is C=C(CCC(=O)OC(C)(C)C)COc1ccc(CCc2cc(Cl)c(OCC(CCl)OCOC)c(Cl)c2)cc1. The first-order chi connectivity index (χ1) is 18.0. The van der Waals surface area contributed by atoms with E-state index in [1.54, 1.807) is 0 Å². The summed E-state index contributed by atoms with van der Waals surface area (Å²) in [5.74, 6) is 1.16. The van der Waals surface area contributed by atoms with E-state index in [4.69, 9.17) is 58.5 Å². The molecule has 0 aromatic heterocycles. The summed E-state index contributed by atoms with van der Waals surface area (Å²) < 4.78 is 27.2. The van der Waals surface area contributed by atoms with Gasteiger partial charge in [0.05, 0.1) is 15.9 Å². The third kappa shape index (κ3) is 12.3. The lowest BCUT2D eigenvalue weighted by Crippen LogP contribution is -2.24. The molecule has 2 rings (SSSR count). The third-order valence-electron chi connectivity index (χ3n) is 5.24. The van der Waals surface area contributed by atoms with E-state index in [1.165, 1.54) is 7.11 Å². The summed E-state index contributed by atoms with van der Waals surface area (Å²) in [7, 11) is 1.54. The van der Waals surface area contributed by atoms with Crippen LogP contribution >= 0.6 is 34.8 Å². The number of carbonyl (C=O) groups excluding carboxylic acids is 1. The molecule has 1 atom stereocenters. The molecule has 6 nitrogen and oxygen atoms in total. The van der Waals surface area contributed by atoms with Crippen LogP contribution in [0.25, 0.3) is 0 Å². The minimum atomic E-state index is -0.485. The van der Waals surface area contributed by atoms with Crippen molar-refractivity contribution in [2.45, 2.75) is 58.2 Å². The molecule has 0 aliphatic carbocycles. The molecule has 0 amide bonds. The quantitative estimate of drug-likeness (QED) is 0.0880. The van der Waals surface area contributed by atoms with Crippen LogP contribution in [0.4, 0.5) is 0 Å². The standard InChI is InChI=1S/C29H37Cl3O6/c1-20(6-13-27(33)38-29(2,3)4)17-35-23-11-9-21(10-12-23)7-8-22-14-25(31)28(26(32)15-22)36-18-24(16-30)37-19-34-5/h9-12,14-15,24H,1,6-8,13,16-19H2,2-5H3. The van der Waals surface area contributed by atoms with Crippen molar-refractivity contribution >= 4 is 40.8 Å². The van der Waals surface area contributed by atoms with Gasteiger partial charge < -0.3 is 23.7 Å². The maximum Gasteiger partial charge on any atom is 0.306 e. The minimum Gasteiger partial charge on any atom is -0.489 e. The zero-order valence-electron chi connectivity index (χ0n) is 22.5. The van der Waals surface area contributed by atoms with E-state index < -0.39 is 5.60 Å². The summed E-state index contributed by atoms with van der Waals surface area (Å²) >= 11 is 18.8. The summed E-state index contributed by atoms with van der Waals surface area (Å²) in [6.07, 6.45) is 2.02. The number of rotatable bonds is 16. The Morgan fingerprint density at radius 3 is 2.18 bits per heavy atom. The van der Waals surface area contributed by atoms with Crippen LogP contribution in [0.3, 0.4) is 0 Å². The van der Waals surface area contributed by atoms with Crippen molar-refractivity contribution in [2.75, 3.05) is 33.0 Å². The number of esters is 1. The molecule has 0 fully saturated rings. The monoisotopic (exact) mass is 586 g/mol. The third-order valence-corrected chi connectivity index (χ3v) is 6.14. The molecule has 38 heavy (non-hydrogen) atoms. The van der Waals surface area contributed by atoms with Crippen molar-refractivity contribution in [3.8, 4) is 11.5 Å². The maximum atomic E-state index is 11.9. The van der Waals surface area contributed by atoms with Gasteiger partial charge in [0, 0.05) is 13.5 Å². The van der Waals surface area contributed by atoms with Crippen molar-refractivity contribution in [1.29, 1.82) is 0 Å². The van der Waals surface area contributed by atoms with Gasteiger partial charge in [-0.05, 0) is 81.0 Å². The Morgan fingerprint density at radius 1 is 0.974 bits per heavy atom. The van der Waals surface area contributed by atoms with Gasteiger partial charge in [0.25, 0.3) is 0 Å². The second-order valence-corrected chi connectivity index (χ2v) is 10.9. The molecule has 0 saturated heterocycles. The van der Waals surface area contributed by atoms with Gasteiger partial charge in [-0.15, -0.1) is 11.6 Å². The number of hydrogen-bond acceptors (Lipinski definition) is 6. The van der Waals surface area contributed by atoms with E-state index in [0.29, 0.717) is 28.8 Å². The van der Waals surface area contributed by atoms with Crippen molar-refractivity contribution in [3.63, 3.8) is 0 Å². The number of hydrogen-bond donors (Lipinski definition) is 0. The Morgan fingerprint density at radius 2 is 1.61 bits per heavy atom. The van der Waals surface area contributed by atoms with E-state index in [0.717, 1.165) is 35.3 Å². The molecule has 0 heterocycles. The molecule has 9 heteroatoms. The van der Waals surface area contributed by atoms with Crippen molar-refractivity contribution < 1.29 is 28.5 Å². The van der Waals surface area contributed by atoms with E-state index in [2.05, 4.69) is 6.58 Å². The highest BCUT2D eigenvalue weighted by molar-refractivity contribution is 6.37. The van der Waals surface area contributed by atoms with E-state index in [1.807, 2.05) is 57.2 Å². The molecule has 0 spiro atoms. The Labute approximate surface area is 241 Å². The minimum absolute atomic E-state index is 0.124. The lowest BCUT2D eigenvalue weighted by atomic mass is 10.0. The van der Waals surface area contributed by atoms with Gasteiger partial charge in [-0.25, -0.2) is 0 Å². The summed E-state index contributed by atoms with van der Waals surface area (Å²) in [6, 6.07) is 11.6.